The normalized spacial score (nSPS) is 11.2. The van der Waals surface area contributed by atoms with E-state index in [4.69, 9.17) is 0 Å². The van der Waals surface area contributed by atoms with Crippen LogP contribution in [0.4, 0.5) is 0 Å². The third kappa shape index (κ3) is 2.03. The van der Waals surface area contributed by atoms with E-state index in [2.05, 4.69) is 41.9 Å². The quantitative estimate of drug-likeness (QED) is 0.579. The molecule has 0 N–H and O–H groups in total. The average Bonchev–Trinajstić information content (AvgIpc) is 3.19. The Morgan fingerprint density at radius 3 is 2.95 bits per heavy atom. The van der Waals surface area contributed by atoms with Crippen LogP contribution in [0.15, 0.2) is 48.1 Å². The summed E-state index contributed by atoms with van der Waals surface area (Å²) in [5, 5.41) is 2.07. The van der Waals surface area contributed by atoms with Gasteiger partial charge in [-0.05, 0) is 29.1 Å². The summed E-state index contributed by atoms with van der Waals surface area (Å²) in [6.45, 7) is 0.792. The molecule has 0 amide bonds. The van der Waals surface area contributed by atoms with Crippen molar-refractivity contribution in [2.75, 3.05) is 0 Å². The first kappa shape index (κ1) is 11.7. The maximum absolute atomic E-state index is 4.45. The summed E-state index contributed by atoms with van der Waals surface area (Å²) in [5.74, 6) is 1.01. The lowest BCUT2D eigenvalue weighted by atomic mass is 10.2. The fourth-order valence-corrected chi connectivity index (χ4v) is 3.44. The van der Waals surface area contributed by atoms with E-state index < -0.39 is 0 Å². The Morgan fingerprint density at radius 1 is 1.10 bits per heavy atom. The van der Waals surface area contributed by atoms with Gasteiger partial charge in [0.15, 0.2) is 0 Å². The van der Waals surface area contributed by atoms with E-state index in [0.717, 1.165) is 23.4 Å². The van der Waals surface area contributed by atoms with Gasteiger partial charge in [0, 0.05) is 18.9 Å². The molecule has 4 nitrogen and oxygen atoms in total. The third-order valence-corrected chi connectivity index (χ3v) is 4.55. The van der Waals surface area contributed by atoms with Gasteiger partial charge in [-0.3, -0.25) is 0 Å². The number of imidazole rings is 1. The van der Waals surface area contributed by atoms with Gasteiger partial charge in [-0.1, -0.05) is 12.1 Å². The van der Waals surface area contributed by atoms with E-state index in [9.17, 15) is 0 Å². The Balaban J connectivity index is 1.70. The van der Waals surface area contributed by atoms with Gasteiger partial charge < -0.3 is 4.57 Å². The predicted molar refractivity (Wildman–Crippen MR) is 82.1 cm³/mol. The molecule has 0 aliphatic rings. The van der Waals surface area contributed by atoms with E-state index in [0.29, 0.717) is 0 Å². The summed E-state index contributed by atoms with van der Waals surface area (Å²) in [6, 6.07) is 10.4. The number of aromatic nitrogens is 4. The van der Waals surface area contributed by atoms with Gasteiger partial charge in [0.25, 0.3) is 0 Å². The van der Waals surface area contributed by atoms with Crippen molar-refractivity contribution in [3.05, 3.63) is 53.7 Å². The Hall–Kier alpha value is -2.05. The lowest BCUT2D eigenvalue weighted by Crippen LogP contribution is -2.00. The molecule has 4 aromatic rings. The molecule has 0 bridgehead atoms. The second kappa shape index (κ2) is 4.81. The van der Waals surface area contributed by atoms with E-state index >= 15 is 0 Å². The molecule has 0 atom stereocenters. The standard InChI is InChI=1S/C14H10N4S2/c1-2-13(19-7-1)14-15-5-6-18(14)9-10-3-4-11-12(8-10)17-20-16-11/h1-8H,9H2. The first-order valence-electron chi connectivity index (χ1n) is 6.16. The van der Waals surface area contributed by atoms with Crippen LogP contribution in [0, 0.1) is 0 Å². The van der Waals surface area contributed by atoms with Crippen LogP contribution in [-0.2, 0) is 6.54 Å². The van der Waals surface area contributed by atoms with Crippen molar-refractivity contribution in [1.29, 1.82) is 0 Å². The van der Waals surface area contributed by atoms with Crippen molar-refractivity contribution < 1.29 is 0 Å². The maximum atomic E-state index is 4.45. The predicted octanol–water partition coefficient (Wildman–Crippen LogP) is 3.66. The zero-order valence-electron chi connectivity index (χ0n) is 10.4. The number of hydrogen-bond donors (Lipinski definition) is 0. The topological polar surface area (TPSA) is 43.6 Å². The summed E-state index contributed by atoms with van der Waals surface area (Å²) >= 11 is 2.96. The van der Waals surface area contributed by atoms with E-state index in [1.54, 1.807) is 11.3 Å². The molecule has 3 heterocycles. The molecule has 0 saturated heterocycles. The number of rotatable bonds is 3. The fraction of sp³-hybridized carbons (Fsp3) is 0.0714. The highest BCUT2D eigenvalue weighted by molar-refractivity contribution is 7.13. The lowest BCUT2D eigenvalue weighted by Gasteiger charge is -2.06. The largest absolute Gasteiger partial charge is 0.326 e. The van der Waals surface area contributed by atoms with E-state index in [-0.39, 0.29) is 0 Å². The first-order chi connectivity index (χ1) is 9.90. The smallest absolute Gasteiger partial charge is 0.150 e. The van der Waals surface area contributed by atoms with E-state index in [1.165, 1.54) is 22.2 Å². The summed E-state index contributed by atoms with van der Waals surface area (Å²) in [6.07, 6.45) is 3.86. The zero-order valence-corrected chi connectivity index (χ0v) is 12.1. The lowest BCUT2D eigenvalue weighted by molar-refractivity contribution is 0.809. The molecule has 0 saturated carbocycles. The molecule has 98 valence electrons. The van der Waals surface area contributed by atoms with Crippen molar-refractivity contribution in [1.82, 2.24) is 18.3 Å². The maximum Gasteiger partial charge on any atom is 0.150 e. The Labute approximate surface area is 123 Å². The average molecular weight is 298 g/mol. The van der Waals surface area contributed by atoms with Crippen LogP contribution in [0.2, 0.25) is 0 Å². The monoisotopic (exact) mass is 298 g/mol. The fourth-order valence-electron chi connectivity index (χ4n) is 2.19. The zero-order chi connectivity index (χ0) is 13.4. The molecule has 3 aromatic heterocycles. The van der Waals surface area contributed by atoms with E-state index in [1.807, 2.05) is 24.5 Å². The van der Waals surface area contributed by atoms with Gasteiger partial charge in [0.1, 0.15) is 16.9 Å². The van der Waals surface area contributed by atoms with Crippen LogP contribution < -0.4 is 0 Å². The Kier molecular flexibility index (Phi) is 2.82. The van der Waals surface area contributed by atoms with Crippen LogP contribution in [-0.4, -0.2) is 18.3 Å². The molecule has 6 heteroatoms. The molecule has 4 rings (SSSR count). The highest BCUT2D eigenvalue weighted by Gasteiger charge is 2.08. The Morgan fingerprint density at radius 2 is 2.05 bits per heavy atom. The van der Waals surface area contributed by atoms with Crippen molar-refractivity contribution in [3.8, 4) is 10.7 Å². The van der Waals surface area contributed by atoms with Gasteiger partial charge in [-0.15, -0.1) is 11.3 Å². The summed E-state index contributed by atoms with van der Waals surface area (Å²) < 4.78 is 10.7. The molecule has 0 radical (unpaired) electrons. The molecule has 0 unspecified atom stereocenters. The highest BCUT2D eigenvalue weighted by Crippen LogP contribution is 2.24. The highest BCUT2D eigenvalue weighted by atomic mass is 32.1. The van der Waals surface area contributed by atoms with Gasteiger partial charge in [0.2, 0.25) is 0 Å². The minimum Gasteiger partial charge on any atom is -0.326 e. The molecule has 20 heavy (non-hydrogen) atoms. The van der Waals surface area contributed by atoms with Gasteiger partial charge in [-0.2, -0.15) is 8.75 Å². The minimum atomic E-state index is 0.792. The number of thiophene rings is 1. The number of fused-ring (bicyclic) bond motifs is 1. The summed E-state index contributed by atoms with van der Waals surface area (Å²) in [4.78, 5) is 5.64. The van der Waals surface area contributed by atoms with Crippen LogP contribution >= 0.6 is 23.1 Å². The van der Waals surface area contributed by atoms with Crippen LogP contribution in [0.5, 0.6) is 0 Å². The summed E-state index contributed by atoms with van der Waals surface area (Å²) in [7, 11) is 0. The second-order valence-electron chi connectivity index (χ2n) is 4.44. The van der Waals surface area contributed by atoms with Crippen LogP contribution in [0.3, 0.4) is 0 Å². The first-order valence-corrected chi connectivity index (χ1v) is 7.77. The summed E-state index contributed by atoms with van der Waals surface area (Å²) in [5.41, 5.74) is 3.13. The van der Waals surface area contributed by atoms with Crippen molar-refractivity contribution in [2.45, 2.75) is 6.54 Å². The van der Waals surface area contributed by atoms with Gasteiger partial charge in [0.05, 0.1) is 16.6 Å². The molecule has 0 aliphatic carbocycles. The van der Waals surface area contributed by atoms with Crippen molar-refractivity contribution >= 4 is 34.1 Å². The molecule has 0 aliphatic heterocycles. The molecule has 0 spiro atoms. The SMILES string of the molecule is c1csc(-c2nccn2Cc2ccc3nsnc3c2)c1. The molecule has 0 fully saturated rings. The second-order valence-corrected chi connectivity index (χ2v) is 5.92. The Bertz CT molecular complexity index is 845. The number of nitrogens with zero attached hydrogens (tertiary/aromatic N) is 4. The molecular weight excluding hydrogens is 288 g/mol. The number of hydrogen-bond acceptors (Lipinski definition) is 5. The van der Waals surface area contributed by atoms with Crippen molar-refractivity contribution in [2.24, 2.45) is 0 Å². The number of benzene rings is 1. The van der Waals surface area contributed by atoms with Gasteiger partial charge >= 0.3 is 0 Å². The van der Waals surface area contributed by atoms with Crippen LogP contribution in [0.25, 0.3) is 21.7 Å². The molecule has 1 aromatic carbocycles. The van der Waals surface area contributed by atoms with Gasteiger partial charge in [-0.25, -0.2) is 4.98 Å². The minimum absolute atomic E-state index is 0.792. The molecular formula is C14H10N4S2. The van der Waals surface area contributed by atoms with Crippen molar-refractivity contribution in [3.63, 3.8) is 0 Å². The van der Waals surface area contributed by atoms with Crippen LogP contribution in [0.1, 0.15) is 5.56 Å². The third-order valence-electron chi connectivity index (χ3n) is 3.13.